The molecule has 0 aromatic carbocycles. The summed E-state index contributed by atoms with van der Waals surface area (Å²) in [4.78, 5) is 4.44. The van der Waals surface area contributed by atoms with Gasteiger partial charge in [-0.05, 0) is 29.6 Å². The van der Waals surface area contributed by atoms with Crippen LogP contribution in [0.3, 0.4) is 0 Å². The van der Waals surface area contributed by atoms with Gasteiger partial charge in [0.05, 0.1) is 4.21 Å². The summed E-state index contributed by atoms with van der Waals surface area (Å²) < 4.78 is 1.29. The first kappa shape index (κ1) is 11.6. The summed E-state index contributed by atoms with van der Waals surface area (Å²) >= 11 is 3.49. The zero-order valence-corrected chi connectivity index (χ0v) is 10.8. The van der Waals surface area contributed by atoms with Crippen LogP contribution in [0.4, 0.5) is 0 Å². The molecule has 2 aromatic heterocycles. The van der Waals surface area contributed by atoms with Gasteiger partial charge in [0.2, 0.25) is 0 Å². The molecule has 2 aromatic rings. The number of nitrogens with one attached hydrogen (secondary N) is 1. The molecule has 0 fully saturated rings. The van der Waals surface area contributed by atoms with Crippen LogP contribution in [0.2, 0.25) is 0 Å². The fraction of sp³-hybridized carbons (Fsp3) is 0.250. The molecule has 2 rings (SSSR count). The lowest BCUT2D eigenvalue weighted by Gasteiger charge is -2.06. The van der Waals surface area contributed by atoms with E-state index in [2.05, 4.69) is 40.8 Å². The van der Waals surface area contributed by atoms with Crippen LogP contribution in [0.5, 0.6) is 0 Å². The third kappa shape index (κ3) is 3.07. The van der Waals surface area contributed by atoms with Crippen molar-refractivity contribution in [1.82, 2.24) is 10.3 Å². The van der Waals surface area contributed by atoms with Crippen molar-refractivity contribution in [2.45, 2.75) is 22.7 Å². The molecule has 0 saturated heterocycles. The van der Waals surface area contributed by atoms with Crippen LogP contribution < -0.4 is 5.32 Å². The van der Waals surface area contributed by atoms with Gasteiger partial charge in [-0.25, -0.2) is 4.98 Å². The van der Waals surface area contributed by atoms with Gasteiger partial charge >= 0.3 is 0 Å². The summed E-state index contributed by atoms with van der Waals surface area (Å²) in [7, 11) is 0. The smallest absolute Gasteiger partial charge is 0.106 e. The second-order valence-corrected chi connectivity index (χ2v) is 5.52. The Morgan fingerprint density at radius 3 is 3.06 bits per heavy atom. The second kappa shape index (κ2) is 6.03. The Balaban J connectivity index is 2.13. The van der Waals surface area contributed by atoms with Gasteiger partial charge < -0.3 is 5.32 Å². The molecular formula is C12H14N2S2. The highest BCUT2D eigenvalue weighted by Gasteiger charge is 2.05. The van der Waals surface area contributed by atoms with Crippen molar-refractivity contribution >= 4 is 23.1 Å². The van der Waals surface area contributed by atoms with Crippen molar-refractivity contribution in [2.24, 2.45) is 0 Å². The fourth-order valence-electron chi connectivity index (χ4n) is 1.33. The molecule has 2 nitrogen and oxygen atoms in total. The average molecular weight is 250 g/mol. The third-order valence-electron chi connectivity index (χ3n) is 2.11. The molecule has 0 amide bonds. The Labute approximate surface area is 104 Å². The number of thiophene rings is 1. The van der Waals surface area contributed by atoms with E-state index < -0.39 is 0 Å². The largest absolute Gasteiger partial charge is 0.313 e. The van der Waals surface area contributed by atoms with Crippen molar-refractivity contribution in [3.63, 3.8) is 0 Å². The van der Waals surface area contributed by atoms with E-state index in [0.717, 1.165) is 18.1 Å². The summed E-state index contributed by atoms with van der Waals surface area (Å²) in [6.45, 7) is 3.98. The molecular weight excluding hydrogens is 236 g/mol. The quantitative estimate of drug-likeness (QED) is 0.880. The lowest BCUT2D eigenvalue weighted by molar-refractivity contribution is 0.711. The fourth-order valence-corrected chi connectivity index (χ4v) is 3.09. The molecule has 0 saturated carbocycles. The number of nitrogens with zero attached hydrogens (tertiary/aromatic N) is 1. The molecule has 2 heterocycles. The maximum atomic E-state index is 4.44. The van der Waals surface area contributed by atoms with Crippen LogP contribution in [-0.2, 0) is 6.54 Å². The first-order valence-corrected chi connectivity index (χ1v) is 6.95. The standard InChI is InChI=1S/C12H14N2S2/c1-2-13-9-10-5-3-7-14-12(10)16-11-6-4-8-15-11/h3-8,13H,2,9H2,1H3. The van der Waals surface area contributed by atoms with E-state index in [1.165, 1.54) is 9.77 Å². The zero-order valence-electron chi connectivity index (χ0n) is 9.14. The third-order valence-corrected chi connectivity index (χ3v) is 4.21. The molecule has 0 aliphatic heterocycles. The lowest BCUT2D eigenvalue weighted by atomic mass is 10.3. The van der Waals surface area contributed by atoms with Gasteiger partial charge in [-0.1, -0.05) is 30.8 Å². The Kier molecular flexibility index (Phi) is 4.39. The number of rotatable bonds is 5. The van der Waals surface area contributed by atoms with Crippen molar-refractivity contribution in [2.75, 3.05) is 6.54 Å². The second-order valence-electron chi connectivity index (χ2n) is 3.28. The van der Waals surface area contributed by atoms with E-state index in [0.29, 0.717) is 0 Å². The van der Waals surface area contributed by atoms with Gasteiger partial charge in [-0.3, -0.25) is 0 Å². The molecule has 0 spiro atoms. The summed E-state index contributed by atoms with van der Waals surface area (Å²) in [6, 6.07) is 8.32. The van der Waals surface area contributed by atoms with E-state index in [1.54, 1.807) is 23.1 Å². The van der Waals surface area contributed by atoms with Crippen LogP contribution in [0, 0.1) is 0 Å². The van der Waals surface area contributed by atoms with Crippen molar-refractivity contribution < 1.29 is 0 Å². The monoisotopic (exact) mass is 250 g/mol. The van der Waals surface area contributed by atoms with E-state index in [1.807, 2.05) is 12.3 Å². The maximum Gasteiger partial charge on any atom is 0.106 e. The molecule has 0 aliphatic carbocycles. The number of aromatic nitrogens is 1. The minimum absolute atomic E-state index is 0.887. The minimum Gasteiger partial charge on any atom is -0.313 e. The van der Waals surface area contributed by atoms with Gasteiger partial charge in [0, 0.05) is 12.7 Å². The molecule has 0 bridgehead atoms. The molecule has 0 radical (unpaired) electrons. The number of hydrogen-bond donors (Lipinski definition) is 1. The van der Waals surface area contributed by atoms with Gasteiger partial charge in [0.25, 0.3) is 0 Å². The van der Waals surface area contributed by atoms with E-state index in [4.69, 9.17) is 0 Å². The molecule has 0 unspecified atom stereocenters. The Hall–Kier alpha value is -0.840. The molecule has 0 aliphatic rings. The predicted octanol–water partition coefficient (Wildman–Crippen LogP) is 3.40. The molecule has 0 atom stereocenters. The van der Waals surface area contributed by atoms with Gasteiger partial charge in [-0.2, -0.15) is 0 Å². The Bertz CT molecular complexity index is 426. The highest BCUT2D eigenvalue weighted by Crippen LogP contribution is 2.31. The zero-order chi connectivity index (χ0) is 11.2. The topological polar surface area (TPSA) is 24.9 Å². The van der Waals surface area contributed by atoms with E-state index in [9.17, 15) is 0 Å². The highest BCUT2D eigenvalue weighted by atomic mass is 32.2. The Morgan fingerprint density at radius 1 is 1.38 bits per heavy atom. The van der Waals surface area contributed by atoms with Gasteiger partial charge in [-0.15, -0.1) is 11.3 Å². The van der Waals surface area contributed by atoms with Gasteiger partial charge in [0.1, 0.15) is 5.03 Å². The molecule has 1 N–H and O–H groups in total. The van der Waals surface area contributed by atoms with Crippen molar-refractivity contribution in [3.05, 3.63) is 41.4 Å². The SMILES string of the molecule is CCNCc1cccnc1Sc1cccs1. The minimum atomic E-state index is 0.887. The summed E-state index contributed by atoms with van der Waals surface area (Å²) in [6.07, 6.45) is 1.85. The summed E-state index contributed by atoms with van der Waals surface area (Å²) in [5.74, 6) is 0. The Morgan fingerprint density at radius 2 is 2.31 bits per heavy atom. The predicted molar refractivity (Wildman–Crippen MR) is 70.1 cm³/mol. The number of hydrogen-bond acceptors (Lipinski definition) is 4. The van der Waals surface area contributed by atoms with Crippen molar-refractivity contribution in [3.8, 4) is 0 Å². The van der Waals surface area contributed by atoms with E-state index in [-0.39, 0.29) is 0 Å². The molecule has 16 heavy (non-hydrogen) atoms. The average Bonchev–Trinajstić information content (AvgIpc) is 2.81. The van der Waals surface area contributed by atoms with Crippen LogP contribution in [-0.4, -0.2) is 11.5 Å². The molecule has 4 heteroatoms. The highest BCUT2D eigenvalue weighted by molar-refractivity contribution is 8.01. The lowest BCUT2D eigenvalue weighted by Crippen LogP contribution is -2.12. The van der Waals surface area contributed by atoms with Crippen molar-refractivity contribution in [1.29, 1.82) is 0 Å². The summed E-state index contributed by atoms with van der Waals surface area (Å²) in [5.41, 5.74) is 1.27. The normalized spacial score (nSPS) is 10.6. The molecule has 84 valence electrons. The van der Waals surface area contributed by atoms with E-state index >= 15 is 0 Å². The van der Waals surface area contributed by atoms with Crippen LogP contribution in [0.15, 0.2) is 45.1 Å². The number of pyridine rings is 1. The summed E-state index contributed by atoms with van der Waals surface area (Å²) in [5, 5.41) is 6.53. The van der Waals surface area contributed by atoms with Crippen LogP contribution in [0.1, 0.15) is 12.5 Å². The first-order valence-electron chi connectivity index (χ1n) is 5.26. The maximum absolute atomic E-state index is 4.44. The van der Waals surface area contributed by atoms with Crippen LogP contribution >= 0.6 is 23.1 Å². The van der Waals surface area contributed by atoms with Crippen LogP contribution in [0.25, 0.3) is 0 Å². The first-order chi connectivity index (χ1) is 7.90. The van der Waals surface area contributed by atoms with Gasteiger partial charge in [0.15, 0.2) is 0 Å².